The molecule has 3 N–H and O–H groups in total. The maximum atomic E-state index is 12.0. The van der Waals surface area contributed by atoms with Crippen molar-refractivity contribution in [3.63, 3.8) is 0 Å². The normalized spacial score (nSPS) is 19.2. The summed E-state index contributed by atoms with van der Waals surface area (Å²) in [4.78, 5) is 25.2. The van der Waals surface area contributed by atoms with E-state index in [-0.39, 0.29) is 6.54 Å². The second-order valence-electron chi connectivity index (χ2n) is 6.77. The number of urea groups is 1. The third-order valence-corrected chi connectivity index (χ3v) is 4.75. The van der Waals surface area contributed by atoms with Crippen LogP contribution in [0.15, 0.2) is 66.4 Å². The number of carbonyl (C=O) groups is 2. The molecule has 0 saturated carbocycles. The Kier molecular flexibility index (Phi) is 5.46. The van der Waals surface area contributed by atoms with E-state index in [1.165, 1.54) is 5.57 Å². The average Bonchev–Trinajstić information content (AvgIpc) is 3.36. The van der Waals surface area contributed by atoms with Gasteiger partial charge in [0.2, 0.25) is 5.82 Å². The molecule has 0 saturated heterocycles. The van der Waals surface area contributed by atoms with Gasteiger partial charge in [0, 0.05) is 18.0 Å². The Hall–Kier alpha value is -3.75. The Morgan fingerprint density at radius 2 is 1.97 bits per heavy atom. The molecule has 1 aliphatic heterocycles. The highest BCUT2D eigenvalue weighted by Gasteiger charge is 2.26. The molecule has 0 radical (unpaired) electrons. The fourth-order valence-corrected chi connectivity index (χ4v) is 3.33. The smallest absolute Gasteiger partial charge is 0.321 e. The zero-order valence-corrected chi connectivity index (χ0v) is 15.7. The van der Waals surface area contributed by atoms with Crippen molar-refractivity contribution in [2.75, 3.05) is 6.54 Å². The van der Waals surface area contributed by atoms with Crippen molar-refractivity contribution in [3.8, 4) is 11.4 Å². The second-order valence-corrected chi connectivity index (χ2v) is 6.77. The maximum Gasteiger partial charge on any atom is 0.321 e. The molecule has 9 heteroatoms. The van der Waals surface area contributed by atoms with Gasteiger partial charge in [-0.15, -0.1) is 10.2 Å². The molecular weight excluding hydrogens is 370 g/mol. The second kappa shape index (κ2) is 8.51. The minimum absolute atomic E-state index is 0.191. The van der Waals surface area contributed by atoms with Crippen molar-refractivity contribution >= 4 is 11.9 Å². The van der Waals surface area contributed by atoms with Crippen LogP contribution < -0.4 is 16.0 Å². The summed E-state index contributed by atoms with van der Waals surface area (Å²) in [6.45, 7) is 0.246. The topological polar surface area (TPSA) is 114 Å². The summed E-state index contributed by atoms with van der Waals surface area (Å²) < 4.78 is 0. The molecule has 2 aliphatic rings. The molecule has 1 aromatic carbocycles. The van der Waals surface area contributed by atoms with E-state index < -0.39 is 11.9 Å². The summed E-state index contributed by atoms with van der Waals surface area (Å²) in [6.07, 6.45) is 11.0. The van der Waals surface area contributed by atoms with Gasteiger partial charge in [0.25, 0.3) is 5.91 Å². The molecule has 148 valence electrons. The SMILES string of the molecule is O=C(Cn1nnc(-c2ccccc2)n1)NC(=O)NCCC1=CNC2C=CC=CC12. The van der Waals surface area contributed by atoms with Crippen LogP contribution >= 0.6 is 0 Å². The minimum atomic E-state index is -0.541. The van der Waals surface area contributed by atoms with Crippen LogP contribution in [0.5, 0.6) is 0 Å². The van der Waals surface area contributed by atoms with Crippen LogP contribution in [0, 0.1) is 5.92 Å². The lowest BCUT2D eigenvalue weighted by molar-refractivity contribution is -0.121. The van der Waals surface area contributed by atoms with Crippen LogP contribution in [0.1, 0.15) is 6.42 Å². The van der Waals surface area contributed by atoms with E-state index in [1.807, 2.05) is 48.7 Å². The summed E-state index contributed by atoms with van der Waals surface area (Å²) in [5.41, 5.74) is 2.03. The number of carbonyl (C=O) groups excluding carboxylic acids is 2. The van der Waals surface area contributed by atoms with Crippen LogP contribution in [0.3, 0.4) is 0 Å². The first kappa shape index (κ1) is 18.6. The fourth-order valence-electron chi connectivity index (χ4n) is 3.33. The molecule has 3 amide bonds. The van der Waals surface area contributed by atoms with Gasteiger partial charge in [0.15, 0.2) is 0 Å². The van der Waals surface area contributed by atoms with Gasteiger partial charge in [-0.1, -0.05) is 54.6 Å². The molecule has 9 nitrogen and oxygen atoms in total. The monoisotopic (exact) mass is 391 g/mol. The van der Waals surface area contributed by atoms with Crippen molar-refractivity contribution in [1.29, 1.82) is 0 Å². The van der Waals surface area contributed by atoms with E-state index in [0.29, 0.717) is 30.7 Å². The largest absolute Gasteiger partial charge is 0.384 e. The van der Waals surface area contributed by atoms with Crippen LogP contribution in [0.25, 0.3) is 11.4 Å². The van der Waals surface area contributed by atoms with E-state index >= 15 is 0 Å². The van der Waals surface area contributed by atoms with Gasteiger partial charge < -0.3 is 10.6 Å². The summed E-state index contributed by atoms with van der Waals surface area (Å²) in [5.74, 6) is 0.233. The predicted octanol–water partition coefficient (Wildman–Crippen LogP) is 1.15. The number of allylic oxidation sites excluding steroid dienone is 2. The number of aromatic nitrogens is 4. The van der Waals surface area contributed by atoms with E-state index in [9.17, 15) is 9.59 Å². The van der Waals surface area contributed by atoms with Gasteiger partial charge in [-0.2, -0.15) is 4.80 Å². The molecule has 1 aromatic heterocycles. The summed E-state index contributed by atoms with van der Waals surface area (Å²) in [5, 5.41) is 20.2. The Morgan fingerprint density at radius 1 is 1.14 bits per heavy atom. The van der Waals surface area contributed by atoms with E-state index in [0.717, 1.165) is 10.4 Å². The van der Waals surface area contributed by atoms with Crippen molar-refractivity contribution in [3.05, 3.63) is 66.4 Å². The van der Waals surface area contributed by atoms with Gasteiger partial charge in [-0.25, -0.2) is 4.79 Å². The van der Waals surface area contributed by atoms with Crippen molar-refractivity contribution < 1.29 is 9.59 Å². The first-order valence-electron chi connectivity index (χ1n) is 9.40. The standard InChI is InChI=1S/C20H21N7O2/c28-18(13-27-25-19(24-26-27)14-6-2-1-3-7-14)23-20(29)21-11-10-15-12-22-17-9-5-4-8-16(15)17/h1-9,12,16-17,22H,10-11,13H2,(H2,21,23,28,29). The van der Waals surface area contributed by atoms with Crippen molar-refractivity contribution in [2.45, 2.75) is 19.0 Å². The summed E-state index contributed by atoms with van der Waals surface area (Å²) in [7, 11) is 0. The van der Waals surface area contributed by atoms with Crippen LogP contribution in [-0.2, 0) is 11.3 Å². The molecular formula is C20H21N7O2. The molecule has 2 atom stereocenters. The first-order valence-corrected chi connectivity index (χ1v) is 9.40. The van der Waals surface area contributed by atoms with Crippen LogP contribution in [0.2, 0.25) is 0 Å². The molecule has 0 spiro atoms. The summed E-state index contributed by atoms with van der Waals surface area (Å²) in [6, 6.07) is 9.08. The molecule has 2 heterocycles. The highest BCUT2D eigenvalue weighted by molar-refractivity contribution is 5.94. The highest BCUT2D eigenvalue weighted by atomic mass is 16.2. The van der Waals surface area contributed by atoms with Crippen molar-refractivity contribution in [1.82, 2.24) is 36.2 Å². The number of tetrazole rings is 1. The van der Waals surface area contributed by atoms with Gasteiger partial charge >= 0.3 is 6.03 Å². The molecule has 1 aliphatic carbocycles. The third-order valence-electron chi connectivity index (χ3n) is 4.75. The number of nitrogens with zero attached hydrogens (tertiary/aromatic N) is 4. The Balaban J connectivity index is 1.20. The number of rotatable bonds is 6. The first-order chi connectivity index (χ1) is 14.2. The average molecular weight is 391 g/mol. The zero-order chi connectivity index (χ0) is 20.1. The lowest BCUT2D eigenvalue weighted by atomic mass is 9.90. The fraction of sp³-hybridized carbons (Fsp3) is 0.250. The van der Waals surface area contributed by atoms with E-state index in [2.05, 4.69) is 43.5 Å². The molecule has 2 aromatic rings. The Labute approximate surface area is 167 Å². The highest BCUT2D eigenvalue weighted by Crippen LogP contribution is 2.27. The number of amides is 3. The van der Waals surface area contributed by atoms with Gasteiger partial charge in [0.1, 0.15) is 6.54 Å². The number of imide groups is 1. The maximum absolute atomic E-state index is 12.0. The molecule has 2 unspecified atom stereocenters. The quantitative estimate of drug-likeness (QED) is 0.681. The minimum Gasteiger partial charge on any atom is -0.384 e. The molecule has 0 fully saturated rings. The lowest BCUT2D eigenvalue weighted by Gasteiger charge is -2.19. The number of hydrogen-bond acceptors (Lipinski definition) is 6. The Bertz CT molecular complexity index is 978. The van der Waals surface area contributed by atoms with Crippen LogP contribution in [0.4, 0.5) is 4.79 Å². The van der Waals surface area contributed by atoms with Crippen molar-refractivity contribution in [2.24, 2.45) is 5.92 Å². The van der Waals surface area contributed by atoms with E-state index in [1.54, 1.807) is 0 Å². The third kappa shape index (κ3) is 4.57. The van der Waals surface area contributed by atoms with E-state index in [4.69, 9.17) is 0 Å². The summed E-state index contributed by atoms with van der Waals surface area (Å²) >= 11 is 0. The molecule has 29 heavy (non-hydrogen) atoms. The Morgan fingerprint density at radius 3 is 2.83 bits per heavy atom. The van der Waals surface area contributed by atoms with Gasteiger partial charge in [-0.05, 0) is 23.4 Å². The number of hydrogen-bond donors (Lipinski definition) is 3. The number of nitrogens with one attached hydrogen (secondary N) is 3. The number of fused-ring (bicyclic) bond motifs is 1. The number of benzene rings is 1. The molecule has 0 bridgehead atoms. The van der Waals surface area contributed by atoms with Gasteiger partial charge in [0.05, 0.1) is 6.04 Å². The predicted molar refractivity (Wildman–Crippen MR) is 106 cm³/mol. The van der Waals surface area contributed by atoms with Crippen LogP contribution in [-0.4, -0.2) is 44.7 Å². The van der Waals surface area contributed by atoms with Gasteiger partial charge in [-0.3, -0.25) is 10.1 Å². The lowest BCUT2D eigenvalue weighted by Crippen LogP contribution is -2.41. The zero-order valence-electron chi connectivity index (χ0n) is 15.7. The molecule has 4 rings (SSSR count).